The standard InChI is InChI=1S/C8H9BrF2N2O/c9-1-4-5(8(10)11)2-13-6(3-14)7(4)12/h2,8,14H,1,3,12H2. The SMILES string of the molecule is Nc1c(CO)ncc(C(F)F)c1CBr. The minimum Gasteiger partial charge on any atom is -0.397 e. The Morgan fingerprint density at radius 3 is 2.64 bits per heavy atom. The number of halogens is 3. The van der Waals surface area contributed by atoms with Gasteiger partial charge in [0, 0.05) is 17.1 Å². The predicted octanol–water partition coefficient (Wildman–Crippen LogP) is 1.99. The van der Waals surface area contributed by atoms with Crippen LogP contribution in [0.4, 0.5) is 14.5 Å². The molecule has 78 valence electrons. The van der Waals surface area contributed by atoms with Crippen molar-refractivity contribution in [2.75, 3.05) is 5.73 Å². The van der Waals surface area contributed by atoms with E-state index in [4.69, 9.17) is 10.8 Å². The van der Waals surface area contributed by atoms with Gasteiger partial charge in [-0.25, -0.2) is 8.78 Å². The highest BCUT2D eigenvalue weighted by atomic mass is 79.9. The number of aliphatic hydroxyl groups excluding tert-OH is 1. The first-order valence-corrected chi connectivity index (χ1v) is 4.95. The van der Waals surface area contributed by atoms with Gasteiger partial charge in [0.1, 0.15) is 0 Å². The normalized spacial score (nSPS) is 10.9. The number of alkyl halides is 3. The lowest BCUT2D eigenvalue weighted by Crippen LogP contribution is -2.05. The van der Waals surface area contributed by atoms with Crippen LogP contribution in [0.1, 0.15) is 23.2 Å². The van der Waals surface area contributed by atoms with Crippen molar-refractivity contribution >= 4 is 21.6 Å². The van der Waals surface area contributed by atoms with Crippen molar-refractivity contribution in [2.24, 2.45) is 0 Å². The van der Waals surface area contributed by atoms with E-state index in [1.54, 1.807) is 0 Å². The van der Waals surface area contributed by atoms with Crippen LogP contribution in [0.25, 0.3) is 0 Å². The maximum absolute atomic E-state index is 12.5. The van der Waals surface area contributed by atoms with Crippen LogP contribution < -0.4 is 5.73 Å². The van der Waals surface area contributed by atoms with Crippen LogP contribution in [0.3, 0.4) is 0 Å². The number of nitrogens with two attached hydrogens (primary N) is 1. The molecule has 0 aromatic carbocycles. The Morgan fingerprint density at radius 2 is 2.21 bits per heavy atom. The molecule has 3 nitrogen and oxygen atoms in total. The number of aromatic nitrogens is 1. The molecule has 0 aliphatic carbocycles. The highest BCUT2D eigenvalue weighted by molar-refractivity contribution is 9.08. The molecule has 0 bridgehead atoms. The van der Waals surface area contributed by atoms with E-state index in [0.717, 1.165) is 6.20 Å². The molecule has 1 aromatic heterocycles. The summed E-state index contributed by atoms with van der Waals surface area (Å²) in [5, 5.41) is 9.04. The second-order valence-electron chi connectivity index (χ2n) is 2.64. The summed E-state index contributed by atoms with van der Waals surface area (Å²) in [5.41, 5.74) is 6.00. The molecular formula is C8H9BrF2N2O. The summed E-state index contributed by atoms with van der Waals surface area (Å²) in [6.45, 7) is -0.352. The molecule has 0 fully saturated rings. The number of nitrogen functional groups attached to an aromatic ring is 1. The molecule has 0 saturated carbocycles. The van der Waals surface area contributed by atoms with Gasteiger partial charge in [-0.05, 0) is 5.56 Å². The average Bonchev–Trinajstić information content (AvgIpc) is 2.17. The van der Waals surface area contributed by atoms with Gasteiger partial charge in [-0.2, -0.15) is 0 Å². The first kappa shape index (κ1) is 11.3. The lowest BCUT2D eigenvalue weighted by molar-refractivity contribution is 0.150. The Morgan fingerprint density at radius 1 is 1.57 bits per heavy atom. The fourth-order valence-electron chi connectivity index (χ4n) is 1.09. The van der Waals surface area contributed by atoms with E-state index < -0.39 is 6.43 Å². The molecule has 0 aliphatic rings. The minimum absolute atomic E-state index is 0.127. The zero-order chi connectivity index (χ0) is 10.7. The van der Waals surface area contributed by atoms with Crippen LogP contribution in [0.2, 0.25) is 0 Å². The highest BCUT2D eigenvalue weighted by Gasteiger charge is 2.17. The predicted molar refractivity (Wildman–Crippen MR) is 52.2 cm³/mol. The van der Waals surface area contributed by atoms with Crippen molar-refractivity contribution in [1.29, 1.82) is 0 Å². The summed E-state index contributed by atoms with van der Waals surface area (Å²) in [4.78, 5) is 3.65. The molecular weight excluding hydrogens is 258 g/mol. The van der Waals surface area contributed by atoms with Crippen molar-refractivity contribution in [2.45, 2.75) is 18.4 Å². The lowest BCUT2D eigenvalue weighted by atomic mass is 10.1. The number of hydrogen-bond donors (Lipinski definition) is 2. The first-order valence-electron chi connectivity index (χ1n) is 3.82. The molecule has 1 heterocycles. The Hall–Kier alpha value is -0.750. The largest absolute Gasteiger partial charge is 0.397 e. The van der Waals surface area contributed by atoms with E-state index in [9.17, 15) is 8.78 Å². The van der Waals surface area contributed by atoms with Gasteiger partial charge in [-0.1, -0.05) is 15.9 Å². The molecule has 0 amide bonds. The van der Waals surface area contributed by atoms with Crippen molar-refractivity contribution in [3.05, 3.63) is 23.0 Å². The molecule has 0 aliphatic heterocycles. The molecule has 0 spiro atoms. The van der Waals surface area contributed by atoms with Crippen LogP contribution in [-0.4, -0.2) is 10.1 Å². The second kappa shape index (κ2) is 4.65. The smallest absolute Gasteiger partial charge is 0.265 e. The maximum atomic E-state index is 12.5. The van der Waals surface area contributed by atoms with E-state index in [2.05, 4.69) is 20.9 Å². The second-order valence-corrected chi connectivity index (χ2v) is 3.21. The average molecular weight is 267 g/mol. The van der Waals surface area contributed by atoms with E-state index in [1.807, 2.05) is 0 Å². The number of nitrogens with zero attached hydrogens (tertiary/aromatic N) is 1. The molecule has 0 radical (unpaired) electrons. The molecule has 0 saturated heterocycles. The quantitative estimate of drug-likeness (QED) is 0.823. The van der Waals surface area contributed by atoms with Crippen molar-refractivity contribution in [1.82, 2.24) is 4.98 Å². The third-order valence-electron chi connectivity index (χ3n) is 1.86. The van der Waals surface area contributed by atoms with Gasteiger partial charge in [0.2, 0.25) is 0 Å². The number of aliphatic hydroxyl groups is 1. The van der Waals surface area contributed by atoms with Gasteiger partial charge in [-0.15, -0.1) is 0 Å². The number of rotatable bonds is 3. The van der Waals surface area contributed by atoms with Crippen LogP contribution in [0, 0.1) is 0 Å². The third-order valence-corrected chi connectivity index (χ3v) is 2.42. The molecule has 14 heavy (non-hydrogen) atoms. The third kappa shape index (κ3) is 2.01. The Balaban J connectivity index is 3.28. The van der Waals surface area contributed by atoms with Crippen molar-refractivity contribution in [3.8, 4) is 0 Å². The van der Waals surface area contributed by atoms with Gasteiger partial charge < -0.3 is 10.8 Å². The van der Waals surface area contributed by atoms with E-state index in [-0.39, 0.29) is 28.9 Å². The summed E-state index contributed by atoms with van der Waals surface area (Å²) < 4.78 is 24.9. The summed E-state index contributed by atoms with van der Waals surface area (Å²) in [6.07, 6.45) is -1.56. The van der Waals surface area contributed by atoms with Crippen molar-refractivity contribution < 1.29 is 13.9 Å². The molecule has 0 unspecified atom stereocenters. The molecule has 6 heteroatoms. The van der Waals surface area contributed by atoms with Crippen LogP contribution >= 0.6 is 15.9 Å². The van der Waals surface area contributed by atoms with E-state index in [1.165, 1.54) is 0 Å². The highest BCUT2D eigenvalue weighted by Crippen LogP contribution is 2.29. The van der Waals surface area contributed by atoms with Gasteiger partial charge in [-0.3, -0.25) is 4.98 Å². The van der Waals surface area contributed by atoms with Crippen molar-refractivity contribution in [3.63, 3.8) is 0 Å². The zero-order valence-corrected chi connectivity index (χ0v) is 8.76. The Kier molecular flexibility index (Phi) is 3.77. The van der Waals surface area contributed by atoms with Gasteiger partial charge in [0.25, 0.3) is 6.43 Å². The van der Waals surface area contributed by atoms with Gasteiger partial charge in [0.05, 0.1) is 18.0 Å². The Bertz CT molecular complexity index is 333. The van der Waals surface area contributed by atoms with Crippen LogP contribution in [-0.2, 0) is 11.9 Å². The summed E-state index contributed by atoms with van der Waals surface area (Å²) in [7, 11) is 0. The maximum Gasteiger partial charge on any atom is 0.265 e. The number of pyridine rings is 1. The van der Waals surface area contributed by atoms with Crippen LogP contribution in [0.15, 0.2) is 6.20 Å². The zero-order valence-electron chi connectivity index (χ0n) is 7.17. The summed E-state index contributed by atoms with van der Waals surface area (Å²) in [6, 6.07) is 0. The van der Waals surface area contributed by atoms with Gasteiger partial charge >= 0.3 is 0 Å². The molecule has 1 aromatic rings. The summed E-state index contributed by atoms with van der Waals surface area (Å²) in [5.74, 6) is 0. The monoisotopic (exact) mass is 266 g/mol. The fourth-order valence-corrected chi connectivity index (χ4v) is 1.71. The van der Waals surface area contributed by atoms with Gasteiger partial charge in [0.15, 0.2) is 0 Å². The van der Waals surface area contributed by atoms with Crippen LogP contribution in [0.5, 0.6) is 0 Å². The molecule has 0 atom stereocenters. The molecule has 1 rings (SSSR count). The fraction of sp³-hybridized carbons (Fsp3) is 0.375. The van der Waals surface area contributed by atoms with E-state index >= 15 is 0 Å². The Labute approximate surface area is 88.1 Å². The first-order chi connectivity index (χ1) is 6.61. The van der Waals surface area contributed by atoms with E-state index in [0.29, 0.717) is 5.56 Å². The number of hydrogen-bond acceptors (Lipinski definition) is 3. The topological polar surface area (TPSA) is 59.1 Å². The lowest BCUT2D eigenvalue weighted by Gasteiger charge is -2.11. The number of anilines is 1. The molecule has 3 N–H and O–H groups in total. The minimum atomic E-state index is -2.61. The summed E-state index contributed by atoms with van der Waals surface area (Å²) >= 11 is 3.07.